The Morgan fingerprint density at radius 1 is 1.04 bits per heavy atom. The summed E-state index contributed by atoms with van der Waals surface area (Å²) in [6.07, 6.45) is -0.205. The molecular formula is C18H22F3NO2. The maximum absolute atomic E-state index is 12.6. The fraction of sp³-hybridized carbons (Fsp3) is 0.611. The highest BCUT2D eigenvalue weighted by Gasteiger charge is 2.37. The highest BCUT2D eigenvalue weighted by molar-refractivity contribution is 5.81. The van der Waals surface area contributed by atoms with E-state index in [-0.39, 0.29) is 24.0 Å². The summed E-state index contributed by atoms with van der Waals surface area (Å²) in [5, 5.41) is 9.58. The zero-order valence-electron chi connectivity index (χ0n) is 13.4. The van der Waals surface area contributed by atoms with E-state index in [1.165, 1.54) is 12.1 Å². The van der Waals surface area contributed by atoms with Crippen molar-refractivity contribution in [3.8, 4) is 0 Å². The standard InChI is InChI=1S/C18H22F3NO2/c19-18(20,21)14-3-1-12(2-4-14)11-13-9-10-22(17(13)24)15-5-7-16(23)8-6-15/h1-4,13,15-16,23H,5-11H2. The topological polar surface area (TPSA) is 40.5 Å². The minimum Gasteiger partial charge on any atom is -0.393 e. The van der Waals surface area contributed by atoms with Crippen LogP contribution >= 0.6 is 0 Å². The fourth-order valence-corrected chi connectivity index (χ4v) is 3.80. The van der Waals surface area contributed by atoms with Crippen LogP contribution in [0, 0.1) is 5.92 Å². The van der Waals surface area contributed by atoms with Gasteiger partial charge in [-0.15, -0.1) is 0 Å². The number of aliphatic hydroxyl groups excluding tert-OH is 1. The second kappa shape index (κ2) is 6.75. The molecular weight excluding hydrogens is 319 g/mol. The van der Waals surface area contributed by atoms with E-state index >= 15 is 0 Å². The lowest BCUT2D eigenvalue weighted by molar-refractivity contribution is -0.137. The number of benzene rings is 1. The molecule has 1 heterocycles. The molecule has 1 aliphatic heterocycles. The zero-order chi connectivity index (χ0) is 17.3. The van der Waals surface area contributed by atoms with E-state index < -0.39 is 11.7 Å². The molecule has 3 nitrogen and oxygen atoms in total. The van der Waals surface area contributed by atoms with Crippen LogP contribution in [0.15, 0.2) is 24.3 Å². The molecule has 2 fully saturated rings. The number of hydrogen-bond donors (Lipinski definition) is 1. The number of nitrogens with zero attached hydrogens (tertiary/aromatic N) is 1. The molecule has 6 heteroatoms. The lowest BCUT2D eigenvalue weighted by Crippen LogP contribution is -2.41. The number of halogens is 3. The Morgan fingerprint density at radius 3 is 2.25 bits per heavy atom. The molecule has 2 aliphatic rings. The van der Waals surface area contributed by atoms with Crippen molar-refractivity contribution in [2.75, 3.05) is 6.54 Å². The summed E-state index contributed by atoms with van der Waals surface area (Å²) >= 11 is 0. The van der Waals surface area contributed by atoms with Crippen LogP contribution in [-0.2, 0) is 17.4 Å². The Bertz CT molecular complexity index is 577. The molecule has 1 amide bonds. The van der Waals surface area contributed by atoms with E-state index in [0.717, 1.165) is 49.8 Å². The van der Waals surface area contributed by atoms with Gasteiger partial charge in [0.2, 0.25) is 5.91 Å². The van der Waals surface area contributed by atoms with E-state index in [2.05, 4.69) is 0 Å². The van der Waals surface area contributed by atoms with Crippen LogP contribution < -0.4 is 0 Å². The van der Waals surface area contributed by atoms with Crippen molar-refractivity contribution in [1.82, 2.24) is 4.90 Å². The molecule has 3 rings (SSSR count). The molecule has 1 N–H and O–H groups in total. The third kappa shape index (κ3) is 3.74. The monoisotopic (exact) mass is 341 g/mol. The fourth-order valence-electron chi connectivity index (χ4n) is 3.80. The van der Waals surface area contributed by atoms with Crippen LogP contribution in [0.5, 0.6) is 0 Å². The molecule has 1 unspecified atom stereocenters. The highest BCUT2D eigenvalue weighted by Crippen LogP contribution is 2.32. The van der Waals surface area contributed by atoms with Gasteiger partial charge in [-0.3, -0.25) is 4.79 Å². The Balaban J connectivity index is 1.59. The van der Waals surface area contributed by atoms with Crippen LogP contribution in [0.1, 0.15) is 43.2 Å². The average Bonchev–Trinajstić information content (AvgIpc) is 2.89. The molecule has 1 aromatic carbocycles. The number of likely N-dealkylation sites (tertiary alicyclic amines) is 1. The molecule has 0 radical (unpaired) electrons. The summed E-state index contributed by atoms with van der Waals surface area (Å²) in [6.45, 7) is 0.713. The second-order valence-corrected chi connectivity index (χ2v) is 6.88. The summed E-state index contributed by atoms with van der Waals surface area (Å²) in [4.78, 5) is 14.5. The number of amides is 1. The average molecular weight is 341 g/mol. The Labute approximate surface area is 139 Å². The number of carbonyl (C=O) groups is 1. The predicted octanol–water partition coefficient (Wildman–Crippen LogP) is 3.40. The molecule has 1 aliphatic carbocycles. The number of hydrogen-bond acceptors (Lipinski definition) is 2. The minimum atomic E-state index is -4.33. The summed E-state index contributed by atoms with van der Waals surface area (Å²) < 4.78 is 37.8. The largest absolute Gasteiger partial charge is 0.416 e. The first kappa shape index (κ1) is 17.3. The molecule has 0 bridgehead atoms. The van der Waals surface area contributed by atoms with Crippen molar-refractivity contribution in [3.63, 3.8) is 0 Å². The summed E-state index contributed by atoms with van der Waals surface area (Å²) in [7, 11) is 0. The van der Waals surface area contributed by atoms with E-state index in [1.54, 1.807) is 0 Å². The second-order valence-electron chi connectivity index (χ2n) is 6.88. The first-order chi connectivity index (χ1) is 11.3. The minimum absolute atomic E-state index is 0.108. The smallest absolute Gasteiger partial charge is 0.393 e. The number of alkyl halides is 3. The molecule has 24 heavy (non-hydrogen) atoms. The van der Waals surface area contributed by atoms with E-state index in [4.69, 9.17) is 0 Å². The molecule has 0 aromatic heterocycles. The highest BCUT2D eigenvalue weighted by atomic mass is 19.4. The van der Waals surface area contributed by atoms with E-state index in [9.17, 15) is 23.1 Å². The van der Waals surface area contributed by atoms with Crippen molar-refractivity contribution in [2.24, 2.45) is 5.92 Å². The van der Waals surface area contributed by atoms with Crippen LogP contribution in [0.4, 0.5) is 13.2 Å². The van der Waals surface area contributed by atoms with Crippen molar-refractivity contribution in [3.05, 3.63) is 35.4 Å². The lowest BCUT2D eigenvalue weighted by Gasteiger charge is -2.33. The van der Waals surface area contributed by atoms with Crippen molar-refractivity contribution >= 4 is 5.91 Å². The molecule has 1 saturated carbocycles. The predicted molar refractivity (Wildman–Crippen MR) is 83.2 cm³/mol. The van der Waals surface area contributed by atoms with Gasteiger partial charge in [-0.1, -0.05) is 12.1 Å². The van der Waals surface area contributed by atoms with Crippen molar-refractivity contribution in [1.29, 1.82) is 0 Å². The van der Waals surface area contributed by atoms with Gasteiger partial charge in [-0.25, -0.2) is 0 Å². The molecule has 1 saturated heterocycles. The molecule has 132 valence electrons. The normalized spacial score (nSPS) is 28.4. The van der Waals surface area contributed by atoms with Gasteiger partial charge in [0.25, 0.3) is 0 Å². The van der Waals surface area contributed by atoms with Crippen molar-refractivity contribution < 1.29 is 23.1 Å². The Morgan fingerprint density at radius 2 is 1.67 bits per heavy atom. The van der Waals surface area contributed by atoms with Crippen LogP contribution in [-0.4, -0.2) is 34.6 Å². The van der Waals surface area contributed by atoms with Gasteiger partial charge in [0.05, 0.1) is 11.7 Å². The van der Waals surface area contributed by atoms with Crippen LogP contribution in [0.25, 0.3) is 0 Å². The van der Waals surface area contributed by atoms with Crippen LogP contribution in [0.3, 0.4) is 0 Å². The first-order valence-corrected chi connectivity index (χ1v) is 8.49. The lowest BCUT2D eigenvalue weighted by atomic mass is 9.92. The number of rotatable bonds is 3. The van der Waals surface area contributed by atoms with Crippen molar-refractivity contribution in [2.45, 2.75) is 56.8 Å². The third-order valence-corrected chi connectivity index (χ3v) is 5.22. The molecule has 0 spiro atoms. The van der Waals surface area contributed by atoms with Gasteiger partial charge >= 0.3 is 6.18 Å². The summed E-state index contributed by atoms with van der Waals surface area (Å²) in [5.41, 5.74) is 0.105. The SMILES string of the molecule is O=C1C(Cc2ccc(C(F)(F)F)cc2)CCN1C1CCC(O)CC1. The van der Waals surface area contributed by atoms with E-state index in [0.29, 0.717) is 13.0 Å². The molecule has 1 atom stereocenters. The van der Waals surface area contributed by atoms with Gasteiger partial charge in [-0.05, 0) is 56.2 Å². The van der Waals surface area contributed by atoms with Crippen LogP contribution in [0.2, 0.25) is 0 Å². The summed E-state index contributed by atoms with van der Waals surface area (Å²) in [5.74, 6) is -0.0372. The van der Waals surface area contributed by atoms with Gasteiger partial charge in [0, 0.05) is 18.5 Å². The van der Waals surface area contributed by atoms with Gasteiger partial charge < -0.3 is 10.0 Å². The Kier molecular flexibility index (Phi) is 4.85. The Hall–Kier alpha value is -1.56. The maximum Gasteiger partial charge on any atom is 0.416 e. The number of carbonyl (C=O) groups excluding carboxylic acids is 1. The zero-order valence-corrected chi connectivity index (χ0v) is 13.4. The molecule has 1 aromatic rings. The first-order valence-electron chi connectivity index (χ1n) is 8.49. The van der Waals surface area contributed by atoms with Gasteiger partial charge in [0.1, 0.15) is 0 Å². The summed E-state index contributed by atoms with van der Waals surface area (Å²) in [6, 6.07) is 5.30. The van der Waals surface area contributed by atoms with Gasteiger partial charge in [-0.2, -0.15) is 13.2 Å². The maximum atomic E-state index is 12.6. The van der Waals surface area contributed by atoms with Gasteiger partial charge in [0.15, 0.2) is 0 Å². The third-order valence-electron chi connectivity index (χ3n) is 5.22. The number of aliphatic hydroxyl groups is 1. The quantitative estimate of drug-likeness (QED) is 0.915. The van der Waals surface area contributed by atoms with E-state index in [1.807, 2.05) is 4.90 Å².